The van der Waals surface area contributed by atoms with Gasteiger partial charge in [-0.15, -0.1) is 0 Å². The summed E-state index contributed by atoms with van der Waals surface area (Å²) < 4.78 is 36.3. The highest BCUT2D eigenvalue weighted by atomic mass is 32.2. The summed E-state index contributed by atoms with van der Waals surface area (Å²) in [7, 11) is -2.23. The van der Waals surface area contributed by atoms with Crippen LogP contribution in [0.25, 0.3) is 0 Å². The highest BCUT2D eigenvalue weighted by molar-refractivity contribution is 7.89. The number of aliphatic carboxylic acids is 1. The van der Waals surface area contributed by atoms with E-state index in [1.54, 1.807) is 6.92 Å². The fraction of sp³-hybridized carbons (Fsp3) is 0.400. The molecule has 0 saturated heterocycles. The first-order chi connectivity index (χ1) is 11.7. The Morgan fingerprint density at radius 2 is 1.76 bits per heavy atom. The molecular weight excluding hydrogens is 354 g/mol. The molecule has 0 radical (unpaired) electrons. The van der Waals surface area contributed by atoms with Crippen molar-refractivity contribution >= 4 is 27.9 Å². The maximum atomic E-state index is 12.6. The molecule has 0 bridgehead atoms. The van der Waals surface area contributed by atoms with Crippen LogP contribution < -0.4 is 4.72 Å². The number of carboxylic acid groups (broad SMARTS) is 1. The number of sulfonamides is 1. The number of benzene rings is 1. The van der Waals surface area contributed by atoms with E-state index >= 15 is 0 Å². The highest BCUT2D eigenvalue weighted by Gasteiger charge is 2.29. The van der Waals surface area contributed by atoms with Crippen LogP contribution in [0.3, 0.4) is 0 Å². The van der Waals surface area contributed by atoms with Crippen molar-refractivity contribution in [2.75, 3.05) is 14.2 Å². The third-order valence-electron chi connectivity index (χ3n) is 3.27. The molecule has 0 spiro atoms. The van der Waals surface area contributed by atoms with Gasteiger partial charge in [0.2, 0.25) is 10.0 Å². The Morgan fingerprint density at radius 3 is 2.24 bits per heavy atom. The van der Waals surface area contributed by atoms with Crippen LogP contribution in [-0.2, 0) is 24.3 Å². The van der Waals surface area contributed by atoms with Crippen molar-refractivity contribution in [1.29, 1.82) is 0 Å². The highest BCUT2D eigenvalue weighted by Crippen LogP contribution is 2.20. The molecule has 0 heterocycles. The van der Waals surface area contributed by atoms with Gasteiger partial charge in [0.25, 0.3) is 0 Å². The summed E-state index contributed by atoms with van der Waals surface area (Å²) in [6, 6.07) is 1.87. The van der Waals surface area contributed by atoms with E-state index < -0.39 is 38.9 Å². The van der Waals surface area contributed by atoms with Gasteiger partial charge in [0.15, 0.2) is 0 Å². The van der Waals surface area contributed by atoms with Gasteiger partial charge < -0.3 is 14.6 Å². The first kappa shape index (κ1) is 20.6. The summed E-state index contributed by atoms with van der Waals surface area (Å²) in [6.07, 6.45) is 0.477. The number of carbonyl (C=O) groups is 3. The normalized spacial score (nSPS) is 12.3. The van der Waals surface area contributed by atoms with E-state index in [1.165, 1.54) is 6.07 Å². The minimum absolute atomic E-state index is 0.0544. The summed E-state index contributed by atoms with van der Waals surface area (Å²) >= 11 is 0. The summed E-state index contributed by atoms with van der Waals surface area (Å²) in [5.41, 5.74) is -0.443. The first-order valence-corrected chi connectivity index (χ1v) is 8.72. The molecule has 10 heteroatoms. The molecule has 1 aromatic rings. The van der Waals surface area contributed by atoms with E-state index in [0.29, 0.717) is 6.42 Å². The Balaban J connectivity index is 3.45. The number of carboxylic acids is 1. The number of nitrogens with one attached hydrogen (secondary N) is 1. The topological polar surface area (TPSA) is 136 Å². The van der Waals surface area contributed by atoms with Gasteiger partial charge in [-0.2, -0.15) is 4.72 Å². The average molecular weight is 373 g/mol. The SMILES string of the molecule is CCCC(NS(=O)(=O)c1cc(C(=O)OC)ccc1C(=O)OC)C(=O)O. The zero-order valence-electron chi connectivity index (χ0n) is 13.9. The largest absolute Gasteiger partial charge is 0.480 e. The molecule has 0 saturated carbocycles. The lowest BCUT2D eigenvalue weighted by atomic mass is 10.1. The van der Waals surface area contributed by atoms with Crippen molar-refractivity contribution in [1.82, 2.24) is 4.72 Å². The molecule has 1 rings (SSSR count). The van der Waals surface area contributed by atoms with Gasteiger partial charge in [0, 0.05) is 0 Å². The number of hydrogen-bond donors (Lipinski definition) is 2. The van der Waals surface area contributed by atoms with Gasteiger partial charge in [-0.25, -0.2) is 18.0 Å². The fourth-order valence-corrected chi connectivity index (χ4v) is 3.48. The van der Waals surface area contributed by atoms with Crippen molar-refractivity contribution in [3.8, 4) is 0 Å². The second kappa shape index (κ2) is 8.58. The number of ether oxygens (including phenoxy) is 2. The van der Waals surface area contributed by atoms with Crippen molar-refractivity contribution < 1.29 is 37.4 Å². The van der Waals surface area contributed by atoms with Crippen molar-refractivity contribution in [3.63, 3.8) is 0 Å². The molecule has 1 unspecified atom stereocenters. The molecule has 2 N–H and O–H groups in total. The van der Waals surface area contributed by atoms with Crippen LogP contribution in [-0.4, -0.2) is 51.7 Å². The van der Waals surface area contributed by atoms with Gasteiger partial charge in [-0.05, 0) is 24.6 Å². The number of carbonyl (C=O) groups excluding carboxylic acids is 2. The van der Waals surface area contributed by atoms with Crippen LogP contribution in [0, 0.1) is 0 Å². The predicted octanol–water partition coefficient (Wildman–Crippen LogP) is 0.791. The molecule has 1 aromatic carbocycles. The summed E-state index contributed by atoms with van der Waals surface area (Å²) in [5, 5.41) is 9.13. The number of methoxy groups -OCH3 is 2. The van der Waals surface area contributed by atoms with Crippen molar-refractivity contribution in [2.24, 2.45) is 0 Å². The Kier molecular flexibility index (Phi) is 7.07. The fourth-order valence-electron chi connectivity index (χ4n) is 2.04. The third kappa shape index (κ3) is 5.00. The van der Waals surface area contributed by atoms with Gasteiger partial charge in [-0.3, -0.25) is 4.79 Å². The molecule has 9 nitrogen and oxygen atoms in total. The Bertz CT molecular complexity index is 772. The quantitative estimate of drug-likeness (QED) is 0.638. The molecule has 0 amide bonds. The van der Waals surface area contributed by atoms with Crippen LogP contribution in [0.2, 0.25) is 0 Å². The molecule has 0 aliphatic rings. The van der Waals surface area contributed by atoms with Gasteiger partial charge >= 0.3 is 17.9 Å². The molecule has 0 fully saturated rings. The van der Waals surface area contributed by atoms with Crippen LogP contribution >= 0.6 is 0 Å². The summed E-state index contributed by atoms with van der Waals surface area (Å²) in [6.45, 7) is 1.70. The first-order valence-electron chi connectivity index (χ1n) is 7.23. The van der Waals surface area contributed by atoms with E-state index in [4.69, 9.17) is 5.11 Å². The summed E-state index contributed by atoms with van der Waals surface area (Å²) in [4.78, 5) is 34.1. The van der Waals surface area contributed by atoms with E-state index in [2.05, 4.69) is 9.47 Å². The Hall–Kier alpha value is -2.46. The molecule has 1 atom stereocenters. The van der Waals surface area contributed by atoms with E-state index in [0.717, 1.165) is 26.4 Å². The van der Waals surface area contributed by atoms with Gasteiger partial charge in [-0.1, -0.05) is 13.3 Å². The monoisotopic (exact) mass is 373 g/mol. The molecule has 0 aliphatic heterocycles. The predicted molar refractivity (Wildman–Crippen MR) is 85.8 cm³/mol. The zero-order valence-corrected chi connectivity index (χ0v) is 14.8. The lowest BCUT2D eigenvalue weighted by molar-refractivity contribution is -0.139. The van der Waals surface area contributed by atoms with Crippen LogP contribution in [0.1, 0.15) is 40.5 Å². The van der Waals surface area contributed by atoms with Crippen molar-refractivity contribution in [2.45, 2.75) is 30.7 Å². The van der Waals surface area contributed by atoms with Crippen LogP contribution in [0.4, 0.5) is 0 Å². The second-order valence-corrected chi connectivity index (χ2v) is 6.68. The van der Waals surface area contributed by atoms with Gasteiger partial charge in [0.05, 0.1) is 30.2 Å². The zero-order chi connectivity index (χ0) is 19.2. The standard InChI is InChI=1S/C15H19NO8S/c1-4-5-11(13(17)18)16-25(21,22)12-8-9(14(19)23-2)6-7-10(12)15(20)24-3/h6-8,11,16H,4-5H2,1-3H3,(H,17,18). The smallest absolute Gasteiger partial charge is 0.339 e. The molecule has 138 valence electrons. The minimum Gasteiger partial charge on any atom is -0.480 e. The number of hydrogen-bond acceptors (Lipinski definition) is 7. The summed E-state index contributed by atoms with van der Waals surface area (Å²) in [5.74, 6) is -3.11. The second-order valence-electron chi connectivity index (χ2n) is 4.99. The molecule has 0 aromatic heterocycles. The van der Waals surface area contributed by atoms with Crippen LogP contribution in [0.15, 0.2) is 23.1 Å². The molecular formula is C15H19NO8S. The van der Waals surface area contributed by atoms with Gasteiger partial charge in [0.1, 0.15) is 6.04 Å². The Labute approximate surface area is 145 Å². The number of rotatable bonds is 8. The lowest BCUT2D eigenvalue weighted by Crippen LogP contribution is -2.41. The molecule has 25 heavy (non-hydrogen) atoms. The van der Waals surface area contributed by atoms with Crippen LogP contribution in [0.5, 0.6) is 0 Å². The Morgan fingerprint density at radius 1 is 1.16 bits per heavy atom. The average Bonchev–Trinajstić information content (AvgIpc) is 2.59. The van der Waals surface area contributed by atoms with E-state index in [1.807, 2.05) is 4.72 Å². The van der Waals surface area contributed by atoms with Crippen molar-refractivity contribution in [3.05, 3.63) is 29.3 Å². The third-order valence-corrected chi connectivity index (χ3v) is 4.78. The van der Waals surface area contributed by atoms with E-state index in [-0.39, 0.29) is 17.5 Å². The van der Waals surface area contributed by atoms with E-state index in [9.17, 15) is 22.8 Å². The maximum Gasteiger partial charge on any atom is 0.339 e. The maximum absolute atomic E-state index is 12.6. The molecule has 0 aliphatic carbocycles. The number of esters is 2. The lowest BCUT2D eigenvalue weighted by Gasteiger charge is -2.16. The minimum atomic E-state index is -4.42.